The van der Waals surface area contributed by atoms with E-state index >= 15 is 0 Å². The summed E-state index contributed by atoms with van der Waals surface area (Å²) in [6.45, 7) is 13.2. The molecule has 0 radical (unpaired) electrons. The van der Waals surface area contributed by atoms with Crippen LogP contribution in [0.25, 0.3) is 0 Å². The van der Waals surface area contributed by atoms with Gasteiger partial charge in [0, 0.05) is 26.8 Å². The van der Waals surface area contributed by atoms with Crippen LogP contribution in [-0.4, -0.2) is 73.1 Å². The lowest BCUT2D eigenvalue weighted by Gasteiger charge is -2.40. The molecular weight excluding hydrogens is 551 g/mol. The molecule has 12 heteroatoms. The zero-order valence-electron chi connectivity index (χ0n) is 23.1. The summed E-state index contributed by atoms with van der Waals surface area (Å²) in [4.78, 5) is 37.8. The third-order valence-corrected chi connectivity index (χ3v) is 8.62. The van der Waals surface area contributed by atoms with Gasteiger partial charge in [-0.1, -0.05) is 56.7 Å². The zero-order valence-corrected chi connectivity index (χ0v) is 25.7. The topological polar surface area (TPSA) is 106 Å². The van der Waals surface area contributed by atoms with Gasteiger partial charge >= 0.3 is 11.9 Å². The van der Waals surface area contributed by atoms with E-state index < -0.39 is 37.9 Å². The van der Waals surface area contributed by atoms with Crippen LogP contribution in [0, 0.1) is 5.92 Å². The SMILES string of the molecule is CC(C)COC(=O)CC(=O)N(Cc1c(Cl)cc(OCOCC[Si](C)(C)C)cc1Cl)N1CCCC1(C)C(=O)O. The van der Waals surface area contributed by atoms with Gasteiger partial charge in [-0.3, -0.25) is 19.4 Å². The van der Waals surface area contributed by atoms with E-state index in [4.69, 9.17) is 37.4 Å². The van der Waals surface area contributed by atoms with Gasteiger partial charge in [-0.2, -0.15) is 0 Å². The Morgan fingerprint density at radius 2 is 1.82 bits per heavy atom. The molecule has 1 atom stereocenters. The van der Waals surface area contributed by atoms with Crippen LogP contribution in [0.2, 0.25) is 35.7 Å². The highest BCUT2D eigenvalue weighted by Crippen LogP contribution is 2.36. The van der Waals surface area contributed by atoms with Crippen molar-refractivity contribution in [3.05, 3.63) is 27.7 Å². The summed E-state index contributed by atoms with van der Waals surface area (Å²) in [7, 11) is -1.21. The Kier molecular flexibility index (Phi) is 11.9. The van der Waals surface area contributed by atoms with Gasteiger partial charge in [-0.15, -0.1) is 0 Å². The number of carboxylic acids is 1. The fraction of sp³-hybridized carbons (Fsp3) is 0.654. The van der Waals surface area contributed by atoms with Crippen molar-refractivity contribution in [2.24, 2.45) is 5.92 Å². The number of aliphatic carboxylic acids is 1. The summed E-state index contributed by atoms with van der Waals surface area (Å²) in [6.07, 6.45) is 0.371. The summed E-state index contributed by atoms with van der Waals surface area (Å²) in [5, 5.41) is 13.1. The summed E-state index contributed by atoms with van der Waals surface area (Å²) < 4.78 is 16.4. The molecule has 1 aliphatic rings. The Bertz CT molecular complexity index is 979. The second kappa shape index (κ2) is 14.0. The highest BCUT2D eigenvalue weighted by molar-refractivity contribution is 6.76. The lowest BCUT2D eigenvalue weighted by atomic mass is 10.0. The maximum absolute atomic E-state index is 13.3. The number of rotatable bonds is 14. The van der Waals surface area contributed by atoms with Crippen LogP contribution in [-0.2, 0) is 30.4 Å². The molecule has 0 saturated carbocycles. The van der Waals surface area contributed by atoms with E-state index in [-0.39, 0.29) is 35.9 Å². The van der Waals surface area contributed by atoms with E-state index in [1.807, 2.05) is 13.8 Å². The molecule has 38 heavy (non-hydrogen) atoms. The predicted octanol–water partition coefficient (Wildman–Crippen LogP) is 5.46. The van der Waals surface area contributed by atoms with Crippen molar-refractivity contribution in [1.82, 2.24) is 10.0 Å². The average Bonchev–Trinajstić information content (AvgIpc) is 3.19. The molecule has 1 heterocycles. The monoisotopic (exact) mass is 590 g/mol. The fourth-order valence-corrected chi connectivity index (χ4v) is 5.24. The third kappa shape index (κ3) is 9.41. The van der Waals surface area contributed by atoms with Crippen molar-refractivity contribution in [2.75, 3.05) is 26.6 Å². The van der Waals surface area contributed by atoms with Crippen LogP contribution in [0.4, 0.5) is 0 Å². The van der Waals surface area contributed by atoms with Gasteiger partial charge in [0.2, 0.25) is 5.91 Å². The van der Waals surface area contributed by atoms with Gasteiger partial charge in [-0.25, -0.2) is 5.01 Å². The number of esters is 1. The standard InChI is InChI=1S/C26H40Cl2N2O7Si/c1-18(2)16-36-24(32)14-23(31)29(30-9-7-8-26(30,3)25(33)34)15-20-21(27)12-19(13-22(20)28)37-17-35-10-11-38(4,5)6/h12-13,18H,7-11,14-17H2,1-6H3,(H,33,34). The molecule has 0 aliphatic carbocycles. The Morgan fingerprint density at radius 1 is 1.18 bits per heavy atom. The molecule has 1 aromatic rings. The van der Waals surface area contributed by atoms with E-state index in [1.54, 1.807) is 19.1 Å². The number of amides is 1. The molecule has 214 valence electrons. The maximum atomic E-state index is 13.3. The first-order valence-electron chi connectivity index (χ1n) is 12.8. The Labute approximate surface area is 236 Å². The number of hydrogen-bond acceptors (Lipinski definition) is 7. The minimum Gasteiger partial charge on any atom is -0.480 e. The molecule has 1 saturated heterocycles. The Morgan fingerprint density at radius 3 is 2.37 bits per heavy atom. The number of carboxylic acid groups (broad SMARTS) is 1. The van der Waals surface area contributed by atoms with Crippen LogP contribution in [0.3, 0.4) is 0 Å². The molecule has 1 aromatic carbocycles. The number of carbonyl (C=O) groups is 3. The Hall–Kier alpha value is -1.85. The van der Waals surface area contributed by atoms with Gasteiger partial charge in [0.25, 0.3) is 0 Å². The maximum Gasteiger partial charge on any atom is 0.325 e. The van der Waals surface area contributed by atoms with E-state index in [9.17, 15) is 19.5 Å². The molecule has 2 rings (SSSR count). The molecular formula is C26H40Cl2N2O7Si. The second-order valence-corrected chi connectivity index (χ2v) is 17.8. The minimum atomic E-state index is -1.33. The van der Waals surface area contributed by atoms with Crippen molar-refractivity contribution in [3.63, 3.8) is 0 Å². The highest BCUT2D eigenvalue weighted by atomic mass is 35.5. The van der Waals surface area contributed by atoms with Crippen molar-refractivity contribution >= 4 is 49.1 Å². The molecule has 0 bridgehead atoms. The second-order valence-electron chi connectivity index (χ2n) is 11.4. The van der Waals surface area contributed by atoms with Gasteiger partial charge in [0.05, 0.1) is 23.2 Å². The number of hydrogen-bond donors (Lipinski definition) is 1. The van der Waals surface area contributed by atoms with Crippen molar-refractivity contribution in [2.45, 2.75) is 77.8 Å². The molecule has 9 nitrogen and oxygen atoms in total. The molecule has 1 unspecified atom stereocenters. The summed E-state index contributed by atoms with van der Waals surface area (Å²) >= 11 is 13.1. The number of hydrazine groups is 1. The first kappa shape index (κ1) is 32.4. The first-order chi connectivity index (χ1) is 17.6. The van der Waals surface area contributed by atoms with E-state index in [0.29, 0.717) is 37.3 Å². The molecule has 0 aromatic heterocycles. The summed E-state index contributed by atoms with van der Waals surface area (Å²) in [6, 6.07) is 4.16. The fourth-order valence-electron chi connectivity index (χ4n) is 3.90. The van der Waals surface area contributed by atoms with Crippen LogP contribution in [0.5, 0.6) is 5.75 Å². The molecule has 1 aliphatic heterocycles. The van der Waals surface area contributed by atoms with Gasteiger partial charge in [-0.05, 0) is 43.9 Å². The quantitative estimate of drug-likeness (QED) is 0.100. The van der Waals surface area contributed by atoms with Gasteiger partial charge < -0.3 is 19.3 Å². The minimum absolute atomic E-state index is 0.0460. The van der Waals surface area contributed by atoms with Crippen molar-refractivity contribution in [1.29, 1.82) is 0 Å². The van der Waals surface area contributed by atoms with E-state index in [0.717, 1.165) is 6.04 Å². The van der Waals surface area contributed by atoms with Crippen LogP contribution in [0.15, 0.2) is 12.1 Å². The van der Waals surface area contributed by atoms with Crippen molar-refractivity contribution in [3.8, 4) is 5.75 Å². The zero-order chi connectivity index (χ0) is 28.7. The van der Waals surface area contributed by atoms with Crippen LogP contribution < -0.4 is 4.74 Å². The third-order valence-electron chi connectivity index (χ3n) is 6.24. The smallest absolute Gasteiger partial charge is 0.325 e. The number of ether oxygens (including phenoxy) is 3. The first-order valence-corrected chi connectivity index (χ1v) is 17.3. The van der Waals surface area contributed by atoms with Crippen molar-refractivity contribution < 1.29 is 33.7 Å². The molecule has 1 amide bonds. The lowest BCUT2D eigenvalue weighted by molar-refractivity contribution is -0.175. The highest BCUT2D eigenvalue weighted by Gasteiger charge is 2.48. The molecule has 1 N–H and O–H groups in total. The molecule has 1 fully saturated rings. The number of benzene rings is 1. The largest absolute Gasteiger partial charge is 0.480 e. The van der Waals surface area contributed by atoms with Crippen LogP contribution in [0.1, 0.15) is 45.6 Å². The average molecular weight is 592 g/mol. The normalized spacial score (nSPS) is 18.0. The lowest BCUT2D eigenvalue weighted by Crippen LogP contribution is -2.58. The van der Waals surface area contributed by atoms with Crippen LogP contribution >= 0.6 is 23.2 Å². The number of carbonyl (C=O) groups excluding carboxylic acids is 2. The summed E-state index contributed by atoms with van der Waals surface area (Å²) in [5.41, 5.74) is -0.920. The van der Waals surface area contributed by atoms with E-state index in [2.05, 4.69) is 19.6 Å². The predicted molar refractivity (Wildman–Crippen MR) is 149 cm³/mol. The number of nitrogens with zero attached hydrogens (tertiary/aromatic N) is 2. The van der Waals surface area contributed by atoms with Gasteiger partial charge in [0.1, 0.15) is 17.7 Å². The summed E-state index contributed by atoms with van der Waals surface area (Å²) in [5.74, 6) is -1.83. The number of halogens is 2. The molecule has 0 spiro atoms. The van der Waals surface area contributed by atoms with E-state index in [1.165, 1.54) is 10.0 Å². The Balaban J connectivity index is 2.22. The van der Waals surface area contributed by atoms with Gasteiger partial charge in [0.15, 0.2) is 6.79 Å².